The molecular formula is C21H26FN3O3. The van der Waals surface area contributed by atoms with Gasteiger partial charge in [-0.05, 0) is 50.8 Å². The topological polar surface area (TPSA) is 76.5 Å². The summed E-state index contributed by atoms with van der Waals surface area (Å²) in [5, 5.41) is 15.0. The van der Waals surface area contributed by atoms with E-state index in [1.54, 1.807) is 6.07 Å². The quantitative estimate of drug-likeness (QED) is 0.837. The fourth-order valence-electron chi connectivity index (χ4n) is 5.11. The van der Waals surface area contributed by atoms with E-state index in [2.05, 4.69) is 22.2 Å². The summed E-state index contributed by atoms with van der Waals surface area (Å²) in [5.41, 5.74) is 0.423. The highest BCUT2D eigenvalue weighted by molar-refractivity contribution is 5.75. The highest BCUT2D eigenvalue weighted by Gasteiger charge is 2.62. The van der Waals surface area contributed by atoms with Crippen LogP contribution < -0.4 is 14.8 Å². The van der Waals surface area contributed by atoms with E-state index in [1.165, 1.54) is 26.5 Å². The number of anilines is 1. The number of nitrogens with zero attached hydrogens (tertiary/aromatic N) is 2. The van der Waals surface area contributed by atoms with Crippen LogP contribution in [-0.4, -0.2) is 40.4 Å². The second-order valence-electron chi connectivity index (χ2n) is 8.45. The van der Waals surface area contributed by atoms with Crippen molar-refractivity contribution in [2.24, 2.45) is 0 Å². The molecule has 0 spiro atoms. The Morgan fingerprint density at radius 3 is 2.54 bits per heavy atom. The Morgan fingerprint density at radius 1 is 1.11 bits per heavy atom. The molecule has 28 heavy (non-hydrogen) atoms. The SMILES string of the molecule is COc1ncc(-c2cc3c(cc2F)NC(C)(C)C2(O)CCCC32C)c(OC)n1. The summed E-state index contributed by atoms with van der Waals surface area (Å²) in [6, 6.07) is 3.45. The predicted octanol–water partition coefficient (Wildman–Crippen LogP) is 3.68. The standard InChI is InChI=1S/C21H26FN3O3/c1-19(2)21(26)8-6-7-20(21,3)14-9-12(15(22)10-16(14)25-19)13-11-23-18(28-5)24-17(13)27-4/h9-11,25-26H,6-8H2,1-5H3. The summed E-state index contributed by atoms with van der Waals surface area (Å²) in [6.45, 7) is 6.03. The first-order chi connectivity index (χ1) is 13.2. The van der Waals surface area contributed by atoms with E-state index in [0.29, 0.717) is 23.2 Å². The van der Waals surface area contributed by atoms with Crippen LogP contribution in [0.4, 0.5) is 10.1 Å². The van der Waals surface area contributed by atoms with Gasteiger partial charge >= 0.3 is 6.01 Å². The summed E-state index contributed by atoms with van der Waals surface area (Å²) in [4.78, 5) is 8.28. The molecule has 1 aliphatic carbocycles. The van der Waals surface area contributed by atoms with Crippen molar-refractivity contribution < 1.29 is 19.0 Å². The van der Waals surface area contributed by atoms with Gasteiger partial charge in [0.05, 0.1) is 30.9 Å². The number of aliphatic hydroxyl groups is 1. The van der Waals surface area contributed by atoms with Gasteiger partial charge in [-0.1, -0.05) is 6.92 Å². The molecule has 2 aromatic rings. The number of ether oxygens (including phenoxy) is 2. The van der Waals surface area contributed by atoms with Gasteiger partial charge in [-0.2, -0.15) is 4.98 Å². The van der Waals surface area contributed by atoms with Gasteiger partial charge in [-0.15, -0.1) is 0 Å². The van der Waals surface area contributed by atoms with Gasteiger partial charge in [0.25, 0.3) is 0 Å². The van der Waals surface area contributed by atoms with E-state index in [4.69, 9.17) is 9.47 Å². The molecule has 7 heteroatoms. The molecule has 150 valence electrons. The first-order valence-electron chi connectivity index (χ1n) is 9.47. The zero-order valence-electron chi connectivity index (χ0n) is 16.9. The number of hydrogen-bond acceptors (Lipinski definition) is 6. The van der Waals surface area contributed by atoms with Crippen molar-refractivity contribution in [1.82, 2.24) is 9.97 Å². The summed E-state index contributed by atoms with van der Waals surface area (Å²) < 4.78 is 25.5. The van der Waals surface area contributed by atoms with E-state index in [9.17, 15) is 5.11 Å². The lowest BCUT2D eigenvalue weighted by atomic mass is 9.60. The number of benzene rings is 1. The first-order valence-corrected chi connectivity index (χ1v) is 9.47. The van der Waals surface area contributed by atoms with Crippen molar-refractivity contribution in [1.29, 1.82) is 0 Å². The highest BCUT2D eigenvalue weighted by Crippen LogP contribution is 2.59. The summed E-state index contributed by atoms with van der Waals surface area (Å²) in [6.07, 6.45) is 3.95. The van der Waals surface area contributed by atoms with Gasteiger partial charge in [0.1, 0.15) is 5.82 Å². The molecule has 2 atom stereocenters. The molecule has 0 radical (unpaired) electrons. The maximum Gasteiger partial charge on any atom is 0.319 e. The Balaban J connectivity index is 1.93. The van der Waals surface area contributed by atoms with Crippen LogP contribution in [0.1, 0.15) is 45.6 Å². The van der Waals surface area contributed by atoms with Crippen molar-refractivity contribution in [2.45, 2.75) is 56.6 Å². The zero-order chi connectivity index (χ0) is 20.3. The van der Waals surface area contributed by atoms with Crippen LogP contribution in [-0.2, 0) is 5.41 Å². The van der Waals surface area contributed by atoms with Gasteiger partial charge in [-0.3, -0.25) is 0 Å². The third-order valence-electron chi connectivity index (χ3n) is 6.71. The lowest BCUT2D eigenvalue weighted by Gasteiger charge is -2.55. The average Bonchev–Trinajstić information content (AvgIpc) is 2.98. The zero-order valence-corrected chi connectivity index (χ0v) is 16.9. The number of nitrogens with one attached hydrogen (secondary N) is 1. The van der Waals surface area contributed by atoms with Crippen molar-refractivity contribution in [3.8, 4) is 23.0 Å². The average molecular weight is 387 g/mol. The van der Waals surface area contributed by atoms with Crippen LogP contribution in [0.25, 0.3) is 11.1 Å². The molecule has 2 aliphatic rings. The van der Waals surface area contributed by atoms with Crippen LogP contribution in [0.3, 0.4) is 0 Å². The lowest BCUT2D eigenvalue weighted by molar-refractivity contribution is -0.0628. The van der Waals surface area contributed by atoms with Crippen molar-refractivity contribution >= 4 is 5.69 Å². The molecule has 1 aromatic carbocycles. The minimum Gasteiger partial charge on any atom is -0.480 e. The predicted molar refractivity (Wildman–Crippen MR) is 104 cm³/mol. The van der Waals surface area contributed by atoms with Gasteiger partial charge in [0, 0.05) is 22.9 Å². The van der Waals surface area contributed by atoms with Crippen LogP contribution in [0.5, 0.6) is 11.9 Å². The van der Waals surface area contributed by atoms with Gasteiger partial charge in [0.15, 0.2) is 0 Å². The van der Waals surface area contributed by atoms with Crippen LogP contribution in [0, 0.1) is 5.82 Å². The first kappa shape index (κ1) is 18.9. The van der Waals surface area contributed by atoms with Crippen LogP contribution in [0.2, 0.25) is 0 Å². The van der Waals surface area contributed by atoms with E-state index in [0.717, 1.165) is 18.4 Å². The second-order valence-corrected chi connectivity index (χ2v) is 8.45. The molecule has 2 N–H and O–H groups in total. The Morgan fingerprint density at radius 2 is 1.86 bits per heavy atom. The van der Waals surface area contributed by atoms with Crippen LogP contribution >= 0.6 is 0 Å². The Labute approximate surface area is 164 Å². The third kappa shape index (κ3) is 2.35. The minimum atomic E-state index is -0.928. The molecule has 6 nitrogen and oxygen atoms in total. The summed E-state index contributed by atoms with van der Waals surface area (Å²) in [5.74, 6) is -0.164. The van der Waals surface area contributed by atoms with Crippen molar-refractivity contribution in [3.63, 3.8) is 0 Å². The number of rotatable bonds is 3. The molecular weight excluding hydrogens is 361 g/mol. The Hall–Kier alpha value is -2.41. The largest absolute Gasteiger partial charge is 0.480 e. The number of hydrogen-bond donors (Lipinski definition) is 2. The highest BCUT2D eigenvalue weighted by atomic mass is 19.1. The van der Waals surface area contributed by atoms with Gasteiger partial charge in [-0.25, -0.2) is 9.37 Å². The van der Waals surface area contributed by atoms with E-state index >= 15 is 4.39 Å². The Bertz CT molecular complexity index is 949. The van der Waals surface area contributed by atoms with Crippen LogP contribution in [0.15, 0.2) is 18.3 Å². The normalized spacial score (nSPS) is 27.5. The monoisotopic (exact) mass is 387 g/mol. The molecule has 0 saturated heterocycles. The molecule has 0 bridgehead atoms. The number of halogens is 1. The van der Waals surface area contributed by atoms with Crippen molar-refractivity contribution in [3.05, 3.63) is 29.7 Å². The Kier molecular flexibility index (Phi) is 4.08. The molecule has 1 fully saturated rings. The smallest absolute Gasteiger partial charge is 0.319 e. The minimum absolute atomic E-state index is 0.152. The lowest BCUT2D eigenvalue weighted by Crippen LogP contribution is -2.65. The van der Waals surface area contributed by atoms with E-state index < -0.39 is 22.4 Å². The molecule has 2 heterocycles. The summed E-state index contributed by atoms with van der Waals surface area (Å²) in [7, 11) is 2.94. The van der Waals surface area contributed by atoms with Crippen molar-refractivity contribution in [2.75, 3.05) is 19.5 Å². The molecule has 1 aliphatic heterocycles. The molecule has 1 saturated carbocycles. The molecule has 0 amide bonds. The molecule has 4 rings (SSSR count). The van der Waals surface area contributed by atoms with E-state index in [1.807, 2.05) is 13.8 Å². The fourth-order valence-corrected chi connectivity index (χ4v) is 5.11. The maximum atomic E-state index is 15.1. The number of fused-ring (bicyclic) bond motifs is 3. The fraction of sp³-hybridized carbons (Fsp3) is 0.524. The van der Waals surface area contributed by atoms with Gasteiger partial charge < -0.3 is 19.9 Å². The molecule has 1 aromatic heterocycles. The molecule has 2 unspecified atom stereocenters. The maximum absolute atomic E-state index is 15.1. The number of aromatic nitrogens is 2. The third-order valence-corrected chi connectivity index (χ3v) is 6.71. The second kappa shape index (κ2) is 6.04. The van der Waals surface area contributed by atoms with E-state index in [-0.39, 0.29) is 11.9 Å². The van der Waals surface area contributed by atoms with Gasteiger partial charge in [0.2, 0.25) is 5.88 Å². The number of methoxy groups -OCH3 is 2. The summed E-state index contributed by atoms with van der Waals surface area (Å²) >= 11 is 0.